The molecule has 0 fully saturated rings. The van der Waals surface area contributed by atoms with E-state index < -0.39 is 4.92 Å². The van der Waals surface area contributed by atoms with Gasteiger partial charge in [-0.05, 0) is 31.9 Å². The van der Waals surface area contributed by atoms with Crippen molar-refractivity contribution in [3.8, 4) is 6.07 Å². The molecule has 2 N–H and O–H groups in total. The summed E-state index contributed by atoms with van der Waals surface area (Å²) < 4.78 is 0. The Kier molecular flexibility index (Phi) is 5.08. The number of benzene rings is 1. The Hall–Kier alpha value is -2.13. The highest BCUT2D eigenvalue weighted by molar-refractivity contribution is 5.68. The van der Waals surface area contributed by atoms with Gasteiger partial charge in [0, 0.05) is 12.6 Å². The second-order valence-corrected chi connectivity index (χ2v) is 3.98. The van der Waals surface area contributed by atoms with Gasteiger partial charge in [-0.1, -0.05) is 6.07 Å². The summed E-state index contributed by atoms with van der Waals surface area (Å²) in [5, 5.41) is 31.5. The van der Waals surface area contributed by atoms with E-state index in [1.165, 1.54) is 6.07 Å². The van der Waals surface area contributed by atoms with Gasteiger partial charge in [0.15, 0.2) is 0 Å². The van der Waals surface area contributed by atoms with Crippen molar-refractivity contribution in [3.63, 3.8) is 0 Å². The topological polar surface area (TPSA) is 99.2 Å². The van der Waals surface area contributed by atoms with Gasteiger partial charge in [-0.2, -0.15) is 5.26 Å². The summed E-state index contributed by atoms with van der Waals surface area (Å²) in [4.78, 5) is 10.4. The van der Waals surface area contributed by atoms with Crippen LogP contribution in [-0.2, 0) is 0 Å². The highest BCUT2D eigenvalue weighted by Crippen LogP contribution is 2.28. The number of rotatable bonds is 6. The number of hydrogen-bond donors (Lipinski definition) is 2. The lowest BCUT2D eigenvalue weighted by molar-refractivity contribution is -0.384. The Morgan fingerprint density at radius 2 is 2.33 bits per heavy atom. The maximum absolute atomic E-state index is 11.0. The summed E-state index contributed by atoms with van der Waals surface area (Å²) >= 11 is 0. The maximum atomic E-state index is 11.0. The van der Waals surface area contributed by atoms with Crippen molar-refractivity contribution < 1.29 is 10.0 Å². The zero-order chi connectivity index (χ0) is 13.5. The fraction of sp³-hybridized carbons (Fsp3) is 0.417. The van der Waals surface area contributed by atoms with E-state index in [-0.39, 0.29) is 23.9 Å². The van der Waals surface area contributed by atoms with Gasteiger partial charge in [0.1, 0.15) is 17.3 Å². The van der Waals surface area contributed by atoms with Crippen molar-refractivity contribution in [3.05, 3.63) is 33.9 Å². The lowest BCUT2D eigenvalue weighted by Crippen LogP contribution is -2.16. The third-order valence-corrected chi connectivity index (χ3v) is 2.54. The molecule has 1 aromatic carbocycles. The van der Waals surface area contributed by atoms with E-state index >= 15 is 0 Å². The van der Waals surface area contributed by atoms with E-state index in [1.54, 1.807) is 12.1 Å². The van der Waals surface area contributed by atoms with Crippen molar-refractivity contribution in [2.75, 3.05) is 11.9 Å². The summed E-state index contributed by atoms with van der Waals surface area (Å²) in [7, 11) is 0. The van der Waals surface area contributed by atoms with Crippen LogP contribution in [0.5, 0.6) is 0 Å². The first-order chi connectivity index (χ1) is 8.60. The number of nitro groups is 1. The quantitative estimate of drug-likeness (QED) is 0.593. The molecule has 1 unspecified atom stereocenters. The van der Waals surface area contributed by atoms with Crippen LogP contribution in [0.15, 0.2) is 18.2 Å². The number of hydrogen-bond acceptors (Lipinski definition) is 5. The van der Waals surface area contributed by atoms with Crippen LogP contribution in [0.2, 0.25) is 0 Å². The van der Waals surface area contributed by atoms with Crippen molar-refractivity contribution >= 4 is 11.4 Å². The SMILES string of the molecule is CC(CCCO)Nc1cccc(C#N)c1[N+](=O)[O-]. The summed E-state index contributed by atoms with van der Waals surface area (Å²) in [6.07, 6.45) is 1.32. The molecule has 6 heteroatoms. The third kappa shape index (κ3) is 3.43. The van der Waals surface area contributed by atoms with Crippen LogP contribution in [0.25, 0.3) is 0 Å². The predicted molar refractivity (Wildman–Crippen MR) is 67.2 cm³/mol. The molecular formula is C12H15N3O3. The zero-order valence-electron chi connectivity index (χ0n) is 10.1. The number of para-hydroxylation sites is 1. The molecule has 0 aliphatic carbocycles. The molecular weight excluding hydrogens is 234 g/mol. The first-order valence-corrected chi connectivity index (χ1v) is 5.65. The predicted octanol–water partition coefficient (Wildman–Crippen LogP) is 2.04. The molecule has 0 aliphatic rings. The van der Waals surface area contributed by atoms with Crippen LogP contribution in [0, 0.1) is 21.4 Å². The molecule has 0 saturated heterocycles. The monoisotopic (exact) mass is 249 g/mol. The molecule has 0 heterocycles. The first kappa shape index (κ1) is 13.9. The number of aliphatic hydroxyl groups excluding tert-OH is 1. The minimum absolute atomic E-state index is 0.00945. The Morgan fingerprint density at radius 1 is 1.61 bits per heavy atom. The first-order valence-electron chi connectivity index (χ1n) is 5.65. The van der Waals surface area contributed by atoms with Gasteiger partial charge in [0.25, 0.3) is 0 Å². The van der Waals surface area contributed by atoms with E-state index in [0.717, 1.165) is 0 Å². The van der Waals surface area contributed by atoms with Gasteiger partial charge in [0.2, 0.25) is 0 Å². The number of nitro benzene ring substituents is 1. The number of anilines is 1. The third-order valence-electron chi connectivity index (χ3n) is 2.54. The Balaban J connectivity index is 2.95. The minimum Gasteiger partial charge on any atom is -0.396 e. The van der Waals surface area contributed by atoms with Crippen LogP contribution < -0.4 is 5.32 Å². The highest BCUT2D eigenvalue weighted by atomic mass is 16.6. The molecule has 0 radical (unpaired) electrons. The largest absolute Gasteiger partial charge is 0.396 e. The minimum atomic E-state index is -0.556. The zero-order valence-corrected chi connectivity index (χ0v) is 10.1. The van der Waals surface area contributed by atoms with Crippen LogP contribution in [0.4, 0.5) is 11.4 Å². The molecule has 0 amide bonds. The van der Waals surface area contributed by atoms with Gasteiger partial charge >= 0.3 is 5.69 Å². The van der Waals surface area contributed by atoms with Gasteiger partial charge in [-0.3, -0.25) is 10.1 Å². The molecule has 0 spiro atoms. The van der Waals surface area contributed by atoms with Gasteiger partial charge in [-0.15, -0.1) is 0 Å². The standard InChI is InChI=1S/C12H15N3O3/c1-9(4-3-7-16)14-11-6-2-5-10(8-13)12(11)15(17)18/h2,5-6,9,14,16H,3-4,7H2,1H3. The van der Waals surface area contributed by atoms with Gasteiger partial charge in [-0.25, -0.2) is 0 Å². The molecule has 1 rings (SSSR count). The van der Waals surface area contributed by atoms with Crippen molar-refractivity contribution in [2.45, 2.75) is 25.8 Å². The Labute approximate surface area is 105 Å². The Bertz CT molecular complexity index is 468. The van der Waals surface area contributed by atoms with Crippen LogP contribution in [0.1, 0.15) is 25.3 Å². The molecule has 1 atom stereocenters. The second-order valence-electron chi connectivity index (χ2n) is 3.98. The van der Waals surface area contributed by atoms with E-state index in [9.17, 15) is 10.1 Å². The number of nitrogens with zero attached hydrogens (tertiary/aromatic N) is 2. The molecule has 96 valence electrons. The molecule has 0 saturated carbocycles. The van der Waals surface area contributed by atoms with Crippen molar-refractivity contribution in [1.29, 1.82) is 5.26 Å². The fourth-order valence-corrected chi connectivity index (χ4v) is 1.68. The van der Waals surface area contributed by atoms with Crippen LogP contribution in [-0.4, -0.2) is 22.7 Å². The van der Waals surface area contributed by atoms with Gasteiger partial charge < -0.3 is 10.4 Å². The number of aliphatic hydroxyl groups is 1. The molecule has 0 aliphatic heterocycles. The molecule has 0 bridgehead atoms. The average molecular weight is 249 g/mol. The van der Waals surface area contributed by atoms with Crippen LogP contribution in [0.3, 0.4) is 0 Å². The molecule has 18 heavy (non-hydrogen) atoms. The summed E-state index contributed by atoms with van der Waals surface area (Å²) in [5.41, 5.74) is 0.180. The lowest BCUT2D eigenvalue weighted by Gasteiger charge is -2.14. The van der Waals surface area contributed by atoms with Crippen molar-refractivity contribution in [1.82, 2.24) is 0 Å². The summed E-state index contributed by atoms with van der Waals surface area (Å²) in [6, 6.07) is 6.40. The average Bonchev–Trinajstić information content (AvgIpc) is 2.35. The van der Waals surface area contributed by atoms with Crippen molar-refractivity contribution in [2.24, 2.45) is 0 Å². The number of nitriles is 1. The highest BCUT2D eigenvalue weighted by Gasteiger charge is 2.20. The van der Waals surface area contributed by atoms with Gasteiger partial charge in [0.05, 0.1) is 4.92 Å². The Morgan fingerprint density at radius 3 is 2.89 bits per heavy atom. The maximum Gasteiger partial charge on any atom is 0.309 e. The summed E-state index contributed by atoms with van der Waals surface area (Å²) in [6.45, 7) is 1.96. The second kappa shape index (κ2) is 6.57. The van der Waals surface area contributed by atoms with E-state index in [1.807, 2.05) is 13.0 Å². The normalized spacial score (nSPS) is 11.6. The number of nitrogens with one attached hydrogen (secondary N) is 1. The fourth-order valence-electron chi connectivity index (χ4n) is 1.68. The lowest BCUT2D eigenvalue weighted by atomic mass is 10.1. The van der Waals surface area contributed by atoms with E-state index in [2.05, 4.69) is 5.32 Å². The van der Waals surface area contributed by atoms with E-state index in [4.69, 9.17) is 10.4 Å². The molecule has 6 nitrogen and oxygen atoms in total. The summed E-state index contributed by atoms with van der Waals surface area (Å²) in [5.74, 6) is 0. The smallest absolute Gasteiger partial charge is 0.309 e. The van der Waals surface area contributed by atoms with E-state index in [0.29, 0.717) is 18.5 Å². The molecule has 0 aromatic heterocycles. The van der Waals surface area contributed by atoms with Crippen LogP contribution >= 0.6 is 0 Å². The molecule has 1 aromatic rings.